The van der Waals surface area contributed by atoms with Crippen LogP contribution in [-0.4, -0.2) is 75.3 Å². The maximum absolute atomic E-state index is 12.9. The first-order chi connectivity index (χ1) is 28.9. The summed E-state index contributed by atoms with van der Waals surface area (Å²) in [5.41, 5.74) is 3.73. The number of hydrazine groups is 1. The molecule has 0 heterocycles. The molecule has 59 heavy (non-hydrogen) atoms. The number of unbranched alkanes of at least 4 members (excludes halogenated alkanes) is 22. The molecule has 0 aliphatic heterocycles. The molecule has 0 aliphatic rings. The number of hydrogen-bond acceptors (Lipinski definition) is 7. The van der Waals surface area contributed by atoms with Crippen molar-refractivity contribution in [1.82, 2.24) is 15.3 Å². The molecule has 0 fully saturated rings. The van der Waals surface area contributed by atoms with Gasteiger partial charge in [0.15, 0.2) is 0 Å². The average molecular weight is 832 g/mol. The zero-order chi connectivity index (χ0) is 43.3. The standard InChI is InChI=1S/C52H101N3O4/c1-7-11-15-19-25-33-41-49(39-31-17-13-9-3)51(56)58-47-37-29-23-21-27-35-43-53-55(46-45-54(5)6)44-36-28-22-24-30-38-48-59-52(57)50(40-32-18-14-10-4)42-34-26-20-16-12-8-2/h25-26,33-34,49-50,53H,7-24,27-32,35-48H2,1-6H3/b33-25?,34-26-. The van der Waals surface area contributed by atoms with Gasteiger partial charge < -0.3 is 14.4 Å². The Hall–Kier alpha value is -1.70. The van der Waals surface area contributed by atoms with Gasteiger partial charge in [-0.05, 0) is 91.1 Å². The number of nitrogens with one attached hydrogen (secondary N) is 1. The minimum atomic E-state index is 0.0212. The Balaban J connectivity index is 4.22. The van der Waals surface area contributed by atoms with Crippen molar-refractivity contribution in [3.63, 3.8) is 0 Å². The first-order valence-corrected chi connectivity index (χ1v) is 25.7. The van der Waals surface area contributed by atoms with Gasteiger partial charge in [-0.2, -0.15) is 0 Å². The summed E-state index contributed by atoms with van der Waals surface area (Å²) in [5.74, 6) is 0.0870. The maximum atomic E-state index is 12.9. The van der Waals surface area contributed by atoms with Crippen LogP contribution in [0.4, 0.5) is 0 Å². The van der Waals surface area contributed by atoms with Crippen LogP contribution in [0.1, 0.15) is 233 Å². The highest BCUT2D eigenvalue weighted by Gasteiger charge is 2.19. The quantitative estimate of drug-likeness (QED) is 0.0283. The Kier molecular flexibility index (Phi) is 44.5. The fraction of sp³-hybridized carbons (Fsp3) is 0.885. The molecule has 1 N–H and O–H groups in total. The van der Waals surface area contributed by atoms with Crippen molar-refractivity contribution in [3.05, 3.63) is 24.3 Å². The number of nitrogens with zero attached hydrogens (tertiary/aromatic N) is 2. The Labute approximate surface area is 368 Å². The zero-order valence-corrected chi connectivity index (χ0v) is 40.4. The summed E-state index contributed by atoms with van der Waals surface area (Å²) in [6.07, 6.45) is 46.0. The van der Waals surface area contributed by atoms with Gasteiger partial charge in [0.2, 0.25) is 0 Å². The summed E-state index contributed by atoms with van der Waals surface area (Å²) < 4.78 is 11.6. The van der Waals surface area contributed by atoms with Crippen LogP contribution in [0, 0.1) is 11.8 Å². The second kappa shape index (κ2) is 45.8. The van der Waals surface area contributed by atoms with E-state index in [1.54, 1.807) is 0 Å². The molecule has 0 aromatic carbocycles. The number of ether oxygens (including phenoxy) is 2. The van der Waals surface area contributed by atoms with Crippen LogP contribution in [0.25, 0.3) is 0 Å². The number of esters is 2. The monoisotopic (exact) mass is 832 g/mol. The molecule has 0 bridgehead atoms. The van der Waals surface area contributed by atoms with E-state index in [-0.39, 0.29) is 23.8 Å². The van der Waals surface area contributed by atoms with E-state index in [1.807, 2.05) is 0 Å². The molecule has 348 valence electrons. The molecule has 0 rings (SSSR count). The summed E-state index contributed by atoms with van der Waals surface area (Å²) in [6.45, 7) is 14.3. The summed E-state index contributed by atoms with van der Waals surface area (Å²) in [5, 5.41) is 2.44. The topological polar surface area (TPSA) is 71.1 Å². The molecule has 0 aromatic heterocycles. The number of carbonyl (C=O) groups is 2. The minimum Gasteiger partial charge on any atom is -0.465 e. The Bertz CT molecular complexity index is 954. The first kappa shape index (κ1) is 57.3. The van der Waals surface area contributed by atoms with Crippen molar-refractivity contribution in [1.29, 1.82) is 0 Å². The molecular weight excluding hydrogens is 731 g/mol. The van der Waals surface area contributed by atoms with Crippen LogP contribution in [0.2, 0.25) is 0 Å². The van der Waals surface area contributed by atoms with Gasteiger partial charge in [0, 0.05) is 26.2 Å². The van der Waals surface area contributed by atoms with E-state index in [1.165, 1.54) is 128 Å². The molecule has 0 aromatic rings. The predicted molar refractivity (Wildman–Crippen MR) is 256 cm³/mol. The third-order valence-corrected chi connectivity index (χ3v) is 11.6. The van der Waals surface area contributed by atoms with E-state index >= 15 is 0 Å². The van der Waals surface area contributed by atoms with E-state index in [9.17, 15) is 9.59 Å². The summed E-state index contributed by atoms with van der Waals surface area (Å²) in [7, 11) is 4.30. The second-order valence-electron chi connectivity index (χ2n) is 17.8. The molecule has 0 amide bonds. The van der Waals surface area contributed by atoms with Crippen molar-refractivity contribution in [2.75, 3.05) is 53.5 Å². The molecule has 0 aliphatic carbocycles. The van der Waals surface area contributed by atoms with Crippen molar-refractivity contribution >= 4 is 11.9 Å². The summed E-state index contributed by atoms with van der Waals surface area (Å²) >= 11 is 0. The number of likely N-dealkylation sites (N-methyl/N-ethyl adjacent to an activating group) is 1. The van der Waals surface area contributed by atoms with Gasteiger partial charge in [-0.15, -0.1) is 0 Å². The first-order valence-electron chi connectivity index (χ1n) is 25.7. The summed E-state index contributed by atoms with van der Waals surface area (Å²) in [4.78, 5) is 28.1. The summed E-state index contributed by atoms with van der Waals surface area (Å²) in [6, 6.07) is 0. The van der Waals surface area contributed by atoms with Gasteiger partial charge >= 0.3 is 11.9 Å². The normalized spacial score (nSPS) is 13.0. The SMILES string of the molecule is CCCCCC=CCC(CCCCCC)C(=O)OCCCCCCCCNN(CCCCCCCCOC(=O)C(C/C=C\CCCCC)CCCCCC)CCN(C)C. The smallest absolute Gasteiger partial charge is 0.309 e. The lowest BCUT2D eigenvalue weighted by Crippen LogP contribution is -2.43. The van der Waals surface area contributed by atoms with Crippen molar-refractivity contribution in [3.8, 4) is 0 Å². The fourth-order valence-electron chi connectivity index (χ4n) is 7.53. The Morgan fingerprint density at radius 2 is 0.864 bits per heavy atom. The van der Waals surface area contributed by atoms with Crippen LogP contribution in [0.3, 0.4) is 0 Å². The van der Waals surface area contributed by atoms with Gasteiger partial charge in [-0.25, -0.2) is 5.01 Å². The van der Waals surface area contributed by atoms with Gasteiger partial charge in [-0.1, -0.05) is 180 Å². The van der Waals surface area contributed by atoms with E-state index in [2.05, 4.69) is 81.4 Å². The lowest BCUT2D eigenvalue weighted by Gasteiger charge is -2.25. The molecule has 0 spiro atoms. The second-order valence-corrected chi connectivity index (χ2v) is 17.8. The van der Waals surface area contributed by atoms with Gasteiger partial charge in [0.25, 0.3) is 0 Å². The predicted octanol–water partition coefficient (Wildman–Crippen LogP) is 14.3. The van der Waals surface area contributed by atoms with Crippen molar-refractivity contribution < 1.29 is 19.1 Å². The molecule has 0 saturated heterocycles. The highest BCUT2D eigenvalue weighted by molar-refractivity contribution is 5.73. The third kappa shape index (κ3) is 40.2. The maximum Gasteiger partial charge on any atom is 0.309 e. The molecular formula is C52H101N3O4. The molecule has 2 atom stereocenters. The van der Waals surface area contributed by atoms with Crippen LogP contribution in [0.15, 0.2) is 24.3 Å². The van der Waals surface area contributed by atoms with Crippen LogP contribution >= 0.6 is 0 Å². The van der Waals surface area contributed by atoms with E-state index in [4.69, 9.17) is 9.47 Å². The Morgan fingerprint density at radius 1 is 0.458 bits per heavy atom. The average Bonchev–Trinajstić information content (AvgIpc) is 3.23. The van der Waals surface area contributed by atoms with Gasteiger partial charge in [0.1, 0.15) is 0 Å². The zero-order valence-electron chi connectivity index (χ0n) is 40.4. The molecule has 7 heteroatoms. The molecule has 0 radical (unpaired) electrons. The van der Waals surface area contributed by atoms with Crippen molar-refractivity contribution in [2.24, 2.45) is 11.8 Å². The van der Waals surface area contributed by atoms with Gasteiger partial charge in [-0.3, -0.25) is 15.0 Å². The lowest BCUT2D eigenvalue weighted by atomic mass is 9.97. The lowest BCUT2D eigenvalue weighted by molar-refractivity contribution is -0.149. The van der Waals surface area contributed by atoms with E-state index < -0.39 is 0 Å². The highest BCUT2D eigenvalue weighted by Crippen LogP contribution is 2.20. The van der Waals surface area contributed by atoms with Crippen LogP contribution in [0.5, 0.6) is 0 Å². The molecule has 0 saturated carbocycles. The number of rotatable bonds is 46. The Morgan fingerprint density at radius 3 is 1.32 bits per heavy atom. The van der Waals surface area contributed by atoms with Crippen molar-refractivity contribution in [2.45, 2.75) is 233 Å². The minimum absolute atomic E-state index is 0.0212. The van der Waals surface area contributed by atoms with E-state index in [0.29, 0.717) is 13.2 Å². The van der Waals surface area contributed by atoms with Crippen LogP contribution < -0.4 is 5.43 Å². The highest BCUT2D eigenvalue weighted by atomic mass is 16.5. The molecule has 2 unspecified atom stereocenters. The fourth-order valence-corrected chi connectivity index (χ4v) is 7.53. The van der Waals surface area contributed by atoms with E-state index in [0.717, 1.165) is 103 Å². The third-order valence-electron chi connectivity index (χ3n) is 11.6. The number of hydrogen-bond donors (Lipinski definition) is 1. The van der Waals surface area contributed by atoms with Crippen LogP contribution in [-0.2, 0) is 19.1 Å². The molecule has 7 nitrogen and oxygen atoms in total. The van der Waals surface area contributed by atoms with Gasteiger partial charge in [0.05, 0.1) is 25.0 Å². The largest absolute Gasteiger partial charge is 0.465 e. The number of carbonyl (C=O) groups excluding carboxylic acids is 2. The number of allylic oxidation sites excluding steroid dienone is 4.